The number of carbonyl (C=O) groups is 1. The lowest BCUT2D eigenvalue weighted by molar-refractivity contribution is -0.125. The number of carbonyl (C=O) groups excluding carboxylic acids is 1. The third kappa shape index (κ3) is 4.11. The van der Waals surface area contributed by atoms with Gasteiger partial charge in [0.05, 0.1) is 20.1 Å². The Morgan fingerprint density at radius 1 is 1.38 bits per heavy atom. The first-order chi connectivity index (χ1) is 10.1. The lowest BCUT2D eigenvalue weighted by Crippen LogP contribution is -2.39. The number of hydrogen-bond acceptors (Lipinski definition) is 4. The molecule has 2 atom stereocenters. The Morgan fingerprint density at radius 3 is 2.76 bits per heavy atom. The van der Waals surface area contributed by atoms with Crippen LogP contribution in [0.4, 0.5) is 0 Å². The Hall–Kier alpha value is -1.75. The predicted octanol–water partition coefficient (Wildman–Crippen LogP) is 1.36. The molecule has 5 nitrogen and oxygen atoms in total. The Kier molecular flexibility index (Phi) is 5.44. The standard InChI is InChI=1S/C16H24N2O3/c1-11(18-16(19)13-6-7-17-10-13)8-12-4-5-14(20-2)15(9-12)21-3/h4-5,9,11,13,17H,6-8,10H2,1-3H3,(H,18,19). The number of benzene rings is 1. The van der Waals surface area contributed by atoms with Crippen molar-refractivity contribution < 1.29 is 14.3 Å². The third-order valence-corrected chi connectivity index (χ3v) is 3.81. The van der Waals surface area contributed by atoms with E-state index in [-0.39, 0.29) is 17.9 Å². The molecule has 1 aromatic carbocycles. The smallest absolute Gasteiger partial charge is 0.224 e. The van der Waals surface area contributed by atoms with E-state index in [0.29, 0.717) is 5.75 Å². The minimum Gasteiger partial charge on any atom is -0.493 e. The Bertz CT molecular complexity index is 484. The summed E-state index contributed by atoms with van der Waals surface area (Å²) in [6.07, 6.45) is 1.70. The molecule has 2 rings (SSSR count). The van der Waals surface area contributed by atoms with E-state index in [9.17, 15) is 4.79 Å². The molecule has 21 heavy (non-hydrogen) atoms. The molecule has 2 N–H and O–H groups in total. The van der Waals surface area contributed by atoms with Gasteiger partial charge < -0.3 is 20.1 Å². The first-order valence-electron chi connectivity index (χ1n) is 7.36. The summed E-state index contributed by atoms with van der Waals surface area (Å²) in [5.41, 5.74) is 1.12. The minimum atomic E-state index is 0.0937. The molecule has 1 fully saturated rings. The lowest BCUT2D eigenvalue weighted by Gasteiger charge is -2.17. The molecule has 1 amide bonds. The van der Waals surface area contributed by atoms with Gasteiger partial charge in [-0.3, -0.25) is 4.79 Å². The van der Waals surface area contributed by atoms with Crippen LogP contribution >= 0.6 is 0 Å². The zero-order valence-electron chi connectivity index (χ0n) is 12.9. The van der Waals surface area contributed by atoms with Crippen LogP contribution in [-0.2, 0) is 11.2 Å². The highest BCUT2D eigenvalue weighted by Gasteiger charge is 2.23. The topological polar surface area (TPSA) is 59.6 Å². The van der Waals surface area contributed by atoms with Gasteiger partial charge in [-0.1, -0.05) is 6.07 Å². The summed E-state index contributed by atoms with van der Waals surface area (Å²) in [5, 5.41) is 6.30. The molecular formula is C16H24N2O3. The molecule has 0 saturated carbocycles. The first-order valence-corrected chi connectivity index (χ1v) is 7.36. The van der Waals surface area contributed by atoms with Crippen molar-refractivity contribution in [1.29, 1.82) is 0 Å². The van der Waals surface area contributed by atoms with Gasteiger partial charge in [-0.2, -0.15) is 0 Å². The SMILES string of the molecule is COc1ccc(CC(C)NC(=O)C2CCNC2)cc1OC. The maximum Gasteiger partial charge on any atom is 0.224 e. The third-order valence-electron chi connectivity index (χ3n) is 3.81. The Labute approximate surface area is 126 Å². The molecule has 0 aromatic heterocycles. The second-order valence-corrected chi connectivity index (χ2v) is 5.49. The van der Waals surface area contributed by atoms with E-state index in [4.69, 9.17) is 9.47 Å². The van der Waals surface area contributed by atoms with Crippen molar-refractivity contribution in [1.82, 2.24) is 10.6 Å². The zero-order valence-corrected chi connectivity index (χ0v) is 12.9. The lowest BCUT2D eigenvalue weighted by atomic mass is 10.0. The quantitative estimate of drug-likeness (QED) is 0.831. The van der Waals surface area contributed by atoms with Crippen molar-refractivity contribution in [3.63, 3.8) is 0 Å². The summed E-state index contributed by atoms with van der Waals surface area (Å²) in [6, 6.07) is 5.94. The number of ether oxygens (including phenoxy) is 2. The van der Waals surface area contributed by atoms with Crippen LogP contribution in [-0.4, -0.2) is 39.3 Å². The number of hydrogen-bond donors (Lipinski definition) is 2. The fourth-order valence-corrected chi connectivity index (χ4v) is 2.65. The van der Waals surface area contributed by atoms with E-state index < -0.39 is 0 Å². The molecule has 116 valence electrons. The van der Waals surface area contributed by atoms with Gasteiger partial charge in [0.1, 0.15) is 0 Å². The van der Waals surface area contributed by atoms with E-state index in [2.05, 4.69) is 10.6 Å². The van der Waals surface area contributed by atoms with Crippen molar-refractivity contribution in [2.45, 2.75) is 25.8 Å². The second-order valence-electron chi connectivity index (χ2n) is 5.49. The summed E-state index contributed by atoms with van der Waals surface area (Å²) in [7, 11) is 3.25. The molecule has 0 spiro atoms. The molecular weight excluding hydrogens is 268 g/mol. The van der Waals surface area contributed by atoms with Gasteiger partial charge in [-0.15, -0.1) is 0 Å². The molecule has 0 aliphatic carbocycles. The number of nitrogens with one attached hydrogen (secondary N) is 2. The monoisotopic (exact) mass is 292 g/mol. The molecule has 1 aromatic rings. The molecule has 2 unspecified atom stereocenters. The van der Waals surface area contributed by atoms with Crippen molar-refractivity contribution in [3.05, 3.63) is 23.8 Å². The van der Waals surface area contributed by atoms with Crippen molar-refractivity contribution >= 4 is 5.91 Å². The molecule has 1 saturated heterocycles. The number of amides is 1. The highest BCUT2D eigenvalue weighted by atomic mass is 16.5. The normalized spacial score (nSPS) is 19.1. The second kappa shape index (κ2) is 7.31. The van der Waals surface area contributed by atoms with Crippen LogP contribution in [0, 0.1) is 5.92 Å². The fourth-order valence-electron chi connectivity index (χ4n) is 2.65. The first kappa shape index (κ1) is 15.6. The summed E-state index contributed by atoms with van der Waals surface area (Å²) >= 11 is 0. The average molecular weight is 292 g/mol. The summed E-state index contributed by atoms with van der Waals surface area (Å²) in [5.74, 6) is 1.69. The van der Waals surface area contributed by atoms with Crippen molar-refractivity contribution in [3.8, 4) is 11.5 Å². The maximum atomic E-state index is 12.1. The zero-order chi connectivity index (χ0) is 15.2. The van der Waals surface area contributed by atoms with Gasteiger partial charge in [-0.05, 0) is 44.0 Å². The highest BCUT2D eigenvalue weighted by molar-refractivity contribution is 5.79. The van der Waals surface area contributed by atoms with Crippen LogP contribution in [0.5, 0.6) is 11.5 Å². The fraction of sp³-hybridized carbons (Fsp3) is 0.562. The number of rotatable bonds is 6. The summed E-state index contributed by atoms with van der Waals surface area (Å²) < 4.78 is 10.5. The average Bonchev–Trinajstić information content (AvgIpc) is 3.01. The van der Waals surface area contributed by atoms with Crippen LogP contribution in [0.1, 0.15) is 18.9 Å². The van der Waals surface area contributed by atoms with Gasteiger partial charge >= 0.3 is 0 Å². The molecule has 1 heterocycles. The summed E-state index contributed by atoms with van der Waals surface area (Å²) in [6.45, 7) is 3.74. The molecule has 5 heteroatoms. The molecule has 1 aliphatic heterocycles. The Balaban J connectivity index is 1.92. The minimum absolute atomic E-state index is 0.0937. The summed E-state index contributed by atoms with van der Waals surface area (Å²) in [4.78, 5) is 12.1. The van der Waals surface area contributed by atoms with E-state index in [1.54, 1.807) is 14.2 Å². The Morgan fingerprint density at radius 2 is 2.14 bits per heavy atom. The van der Waals surface area contributed by atoms with Crippen molar-refractivity contribution in [2.24, 2.45) is 5.92 Å². The number of methoxy groups -OCH3 is 2. The van der Waals surface area contributed by atoms with E-state index in [1.165, 1.54) is 0 Å². The van der Waals surface area contributed by atoms with Crippen LogP contribution in [0.2, 0.25) is 0 Å². The highest BCUT2D eigenvalue weighted by Crippen LogP contribution is 2.28. The molecule has 1 aliphatic rings. The molecule has 0 bridgehead atoms. The van der Waals surface area contributed by atoms with Crippen LogP contribution < -0.4 is 20.1 Å². The van der Waals surface area contributed by atoms with E-state index >= 15 is 0 Å². The van der Waals surface area contributed by atoms with Crippen LogP contribution in [0.3, 0.4) is 0 Å². The predicted molar refractivity (Wildman–Crippen MR) is 81.8 cm³/mol. The molecule has 0 radical (unpaired) electrons. The largest absolute Gasteiger partial charge is 0.493 e. The van der Waals surface area contributed by atoms with E-state index in [1.807, 2.05) is 25.1 Å². The van der Waals surface area contributed by atoms with Crippen molar-refractivity contribution in [2.75, 3.05) is 27.3 Å². The van der Waals surface area contributed by atoms with E-state index in [0.717, 1.165) is 37.2 Å². The van der Waals surface area contributed by atoms with Gasteiger partial charge in [0.25, 0.3) is 0 Å². The van der Waals surface area contributed by atoms with Gasteiger partial charge in [-0.25, -0.2) is 0 Å². The van der Waals surface area contributed by atoms with Crippen LogP contribution in [0.15, 0.2) is 18.2 Å². The maximum absolute atomic E-state index is 12.1. The van der Waals surface area contributed by atoms with Gasteiger partial charge in [0.2, 0.25) is 5.91 Å². The van der Waals surface area contributed by atoms with Gasteiger partial charge in [0, 0.05) is 12.6 Å². The van der Waals surface area contributed by atoms with Gasteiger partial charge in [0.15, 0.2) is 11.5 Å². The van der Waals surface area contributed by atoms with Crippen LogP contribution in [0.25, 0.3) is 0 Å².